The summed E-state index contributed by atoms with van der Waals surface area (Å²) in [5, 5.41) is 3.08. The quantitative estimate of drug-likeness (QED) is 0.789. The Morgan fingerprint density at radius 2 is 1.81 bits per heavy atom. The standard InChI is InChI=1S/C13H19NO2/c1-9-5-10(2)12(11(3)6-9)7-14-8-13(15)16-4/h5-6,14H,7-8H2,1-4H3. The minimum Gasteiger partial charge on any atom is -0.468 e. The maximum atomic E-state index is 10.9. The number of aryl methyl sites for hydroxylation is 3. The highest BCUT2D eigenvalue weighted by molar-refractivity contribution is 5.71. The SMILES string of the molecule is COC(=O)CNCc1c(C)cc(C)cc1C. The molecule has 0 saturated heterocycles. The summed E-state index contributed by atoms with van der Waals surface area (Å²) in [7, 11) is 1.40. The van der Waals surface area contributed by atoms with Crippen LogP contribution in [0, 0.1) is 20.8 Å². The first-order valence-corrected chi connectivity index (χ1v) is 5.39. The molecule has 0 bridgehead atoms. The molecule has 0 unspecified atom stereocenters. The van der Waals surface area contributed by atoms with Crippen molar-refractivity contribution in [1.29, 1.82) is 0 Å². The first-order valence-electron chi connectivity index (χ1n) is 5.39. The summed E-state index contributed by atoms with van der Waals surface area (Å²) in [5.74, 6) is -0.234. The Balaban J connectivity index is 2.64. The van der Waals surface area contributed by atoms with E-state index in [4.69, 9.17) is 0 Å². The van der Waals surface area contributed by atoms with Crippen molar-refractivity contribution in [2.24, 2.45) is 0 Å². The third-order valence-corrected chi connectivity index (χ3v) is 2.64. The summed E-state index contributed by atoms with van der Waals surface area (Å²) in [6.45, 7) is 7.23. The van der Waals surface area contributed by atoms with Gasteiger partial charge in [0, 0.05) is 6.54 Å². The van der Waals surface area contributed by atoms with Crippen LogP contribution in [0.5, 0.6) is 0 Å². The fourth-order valence-electron chi connectivity index (χ4n) is 1.85. The van der Waals surface area contributed by atoms with E-state index in [1.165, 1.54) is 29.4 Å². The number of esters is 1. The van der Waals surface area contributed by atoms with Gasteiger partial charge in [0.2, 0.25) is 0 Å². The van der Waals surface area contributed by atoms with E-state index in [1.807, 2.05) is 0 Å². The van der Waals surface area contributed by atoms with Gasteiger partial charge in [0.05, 0.1) is 13.7 Å². The fraction of sp³-hybridized carbons (Fsp3) is 0.462. The Hall–Kier alpha value is -1.35. The summed E-state index contributed by atoms with van der Waals surface area (Å²) in [6.07, 6.45) is 0. The Bertz CT molecular complexity index is 363. The Morgan fingerprint density at radius 1 is 1.25 bits per heavy atom. The average molecular weight is 221 g/mol. The van der Waals surface area contributed by atoms with Gasteiger partial charge in [0.25, 0.3) is 0 Å². The number of ether oxygens (including phenoxy) is 1. The molecule has 0 amide bonds. The fourth-order valence-corrected chi connectivity index (χ4v) is 1.85. The molecule has 0 fully saturated rings. The number of carbonyl (C=O) groups is 1. The molecule has 88 valence electrons. The summed E-state index contributed by atoms with van der Waals surface area (Å²) in [5.41, 5.74) is 5.05. The van der Waals surface area contributed by atoms with Gasteiger partial charge in [0.15, 0.2) is 0 Å². The first kappa shape index (κ1) is 12.7. The number of carbonyl (C=O) groups excluding carboxylic acids is 1. The van der Waals surface area contributed by atoms with Gasteiger partial charge in [-0.1, -0.05) is 17.7 Å². The summed E-state index contributed by atoms with van der Waals surface area (Å²) >= 11 is 0. The topological polar surface area (TPSA) is 38.3 Å². The van der Waals surface area contributed by atoms with E-state index in [1.54, 1.807) is 0 Å². The number of benzene rings is 1. The van der Waals surface area contributed by atoms with E-state index >= 15 is 0 Å². The Morgan fingerprint density at radius 3 is 2.31 bits per heavy atom. The van der Waals surface area contributed by atoms with E-state index in [0.717, 1.165) is 0 Å². The molecule has 3 nitrogen and oxygen atoms in total. The van der Waals surface area contributed by atoms with Crippen molar-refractivity contribution >= 4 is 5.97 Å². The Kier molecular flexibility index (Phi) is 4.50. The molecule has 0 spiro atoms. The number of rotatable bonds is 4. The smallest absolute Gasteiger partial charge is 0.319 e. The van der Waals surface area contributed by atoms with Crippen molar-refractivity contribution in [3.05, 3.63) is 34.4 Å². The molecule has 0 atom stereocenters. The van der Waals surface area contributed by atoms with Crippen molar-refractivity contribution in [3.63, 3.8) is 0 Å². The van der Waals surface area contributed by atoms with Crippen molar-refractivity contribution in [2.75, 3.05) is 13.7 Å². The van der Waals surface area contributed by atoms with E-state index in [-0.39, 0.29) is 12.5 Å². The molecule has 0 heterocycles. The van der Waals surface area contributed by atoms with Gasteiger partial charge in [0.1, 0.15) is 0 Å². The largest absolute Gasteiger partial charge is 0.468 e. The van der Waals surface area contributed by atoms with Gasteiger partial charge in [-0.05, 0) is 37.5 Å². The van der Waals surface area contributed by atoms with Crippen LogP contribution < -0.4 is 5.32 Å². The number of methoxy groups -OCH3 is 1. The minimum atomic E-state index is -0.234. The average Bonchev–Trinajstić information content (AvgIpc) is 2.21. The molecule has 3 heteroatoms. The lowest BCUT2D eigenvalue weighted by Crippen LogP contribution is -2.24. The number of hydrogen-bond acceptors (Lipinski definition) is 3. The maximum absolute atomic E-state index is 10.9. The third-order valence-electron chi connectivity index (χ3n) is 2.64. The molecule has 0 saturated carbocycles. The maximum Gasteiger partial charge on any atom is 0.319 e. The second-order valence-electron chi connectivity index (χ2n) is 4.06. The van der Waals surface area contributed by atoms with E-state index in [2.05, 4.69) is 43.0 Å². The monoisotopic (exact) mass is 221 g/mol. The molecule has 0 radical (unpaired) electrons. The van der Waals surface area contributed by atoms with Gasteiger partial charge >= 0.3 is 5.97 Å². The lowest BCUT2D eigenvalue weighted by molar-refractivity contribution is -0.139. The minimum absolute atomic E-state index is 0.234. The second-order valence-corrected chi connectivity index (χ2v) is 4.06. The normalized spacial score (nSPS) is 10.2. The van der Waals surface area contributed by atoms with Crippen LogP contribution in [0.4, 0.5) is 0 Å². The molecule has 1 N–H and O–H groups in total. The predicted octanol–water partition coefficient (Wildman–Crippen LogP) is 1.87. The highest BCUT2D eigenvalue weighted by Gasteiger charge is 2.05. The van der Waals surface area contributed by atoms with Crippen molar-refractivity contribution in [3.8, 4) is 0 Å². The van der Waals surface area contributed by atoms with Crippen LogP contribution in [0.25, 0.3) is 0 Å². The molecular weight excluding hydrogens is 202 g/mol. The van der Waals surface area contributed by atoms with E-state index < -0.39 is 0 Å². The van der Waals surface area contributed by atoms with Gasteiger partial charge in [-0.15, -0.1) is 0 Å². The highest BCUT2D eigenvalue weighted by atomic mass is 16.5. The molecule has 0 aliphatic heterocycles. The second kappa shape index (κ2) is 5.66. The van der Waals surface area contributed by atoms with Crippen molar-refractivity contribution in [2.45, 2.75) is 27.3 Å². The van der Waals surface area contributed by atoms with Crippen LogP contribution in [-0.4, -0.2) is 19.6 Å². The lowest BCUT2D eigenvalue weighted by Gasteiger charge is -2.11. The summed E-state index contributed by atoms with van der Waals surface area (Å²) in [4.78, 5) is 10.9. The molecular formula is C13H19NO2. The highest BCUT2D eigenvalue weighted by Crippen LogP contribution is 2.15. The number of nitrogens with one attached hydrogen (secondary N) is 1. The van der Waals surface area contributed by atoms with Crippen molar-refractivity contribution in [1.82, 2.24) is 5.32 Å². The van der Waals surface area contributed by atoms with Gasteiger partial charge in [-0.2, -0.15) is 0 Å². The lowest BCUT2D eigenvalue weighted by atomic mass is 10.00. The summed E-state index contributed by atoms with van der Waals surface area (Å²) in [6, 6.07) is 4.31. The zero-order valence-corrected chi connectivity index (χ0v) is 10.4. The van der Waals surface area contributed by atoms with Crippen LogP contribution in [0.2, 0.25) is 0 Å². The molecule has 1 aromatic carbocycles. The van der Waals surface area contributed by atoms with Crippen LogP contribution >= 0.6 is 0 Å². The zero-order chi connectivity index (χ0) is 12.1. The third kappa shape index (κ3) is 3.35. The van der Waals surface area contributed by atoms with Gasteiger partial charge < -0.3 is 10.1 Å². The van der Waals surface area contributed by atoms with Gasteiger partial charge in [-0.3, -0.25) is 4.79 Å². The van der Waals surface area contributed by atoms with Crippen LogP contribution in [0.1, 0.15) is 22.3 Å². The number of hydrogen-bond donors (Lipinski definition) is 1. The molecule has 0 aliphatic rings. The van der Waals surface area contributed by atoms with Gasteiger partial charge in [-0.25, -0.2) is 0 Å². The van der Waals surface area contributed by atoms with Crippen LogP contribution in [0.3, 0.4) is 0 Å². The van der Waals surface area contributed by atoms with Crippen LogP contribution in [0.15, 0.2) is 12.1 Å². The molecule has 0 aromatic heterocycles. The van der Waals surface area contributed by atoms with E-state index in [0.29, 0.717) is 6.54 Å². The van der Waals surface area contributed by atoms with E-state index in [9.17, 15) is 4.79 Å². The van der Waals surface area contributed by atoms with Crippen LogP contribution in [-0.2, 0) is 16.1 Å². The predicted molar refractivity (Wildman–Crippen MR) is 64.4 cm³/mol. The molecule has 16 heavy (non-hydrogen) atoms. The van der Waals surface area contributed by atoms with Crippen molar-refractivity contribution < 1.29 is 9.53 Å². The zero-order valence-electron chi connectivity index (χ0n) is 10.4. The molecule has 0 aliphatic carbocycles. The first-order chi connectivity index (χ1) is 7.54. The summed E-state index contributed by atoms with van der Waals surface area (Å²) < 4.78 is 4.57. The molecule has 1 aromatic rings. The molecule has 1 rings (SSSR count). The Labute approximate surface area is 96.8 Å².